The molecule has 114 valence electrons. The number of para-hydroxylation sites is 1. The molecule has 0 bridgehead atoms. The second-order valence-electron chi connectivity index (χ2n) is 4.27. The van der Waals surface area contributed by atoms with Crippen molar-refractivity contribution in [2.75, 3.05) is 6.61 Å². The molecule has 7 heteroatoms. The number of carbonyl (C=O) groups is 2. The Hall–Kier alpha value is -2.67. The first kappa shape index (κ1) is 15.7. The number of carboxylic acid groups (broad SMARTS) is 1. The number of thiophene rings is 1. The third kappa shape index (κ3) is 5.02. The van der Waals surface area contributed by atoms with E-state index in [0.29, 0.717) is 11.3 Å². The molecular weight excluding hydrogens is 304 g/mol. The van der Waals surface area contributed by atoms with Gasteiger partial charge in [0.25, 0.3) is 0 Å². The van der Waals surface area contributed by atoms with Crippen molar-refractivity contribution in [3.8, 4) is 5.75 Å². The summed E-state index contributed by atoms with van der Waals surface area (Å²) in [4.78, 5) is 23.2. The van der Waals surface area contributed by atoms with E-state index in [1.54, 1.807) is 24.3 Å². The number of hydrogen-bond donors (Lipinski definition) is 2. The smallest absolute Gasteiger partial charge is 0.341 e. The Kier molecular flexibility index (Phi) is 5.67. The number of rotatable bonds is 7. The molecule has 0 spiro atoms. The highest BCUT2D eigenvalue weighted by molar-refractivity contribution is 7.10. The van der Waals surface area contributed by atoms with Crippen molar-refractivity contribution >= 4 is 29.4 Å². The number of carbonyl (C=O) groups excluding carboxylic acids is 1. The topological polar surface area (TPSA) is 88.0 Å². The van der Waals surface area contributed by atoms with E-state index in [0.717, 1.165) is 4.88 Å². The van der Waals surface area contributed by atoms with Gasteiger partial charge < -0.3 is 9.84 Å². The number of hydrogen-bond acceptors (Lipinski definition) is 5. The summed E-state index contributed by atoms with van der Waals surface area (Å²) >= 11 is 1.50. The van der Waals surface area contributed by atoms with Gasteiger partial charge in [0.05, 0.1) is 12.6 Å². The number of carboxylic acids is 1. The van der Waals surface area contributed by atoms with E-state index in [4.69, 9.17) is 9.84 Å². The lowest BCUT2D eigenvalue weighted by Crippen LogP contribution is -2.19. The van der Waals surface area contributed by atoms with Gasteiger partial charge in [0.15, 0.2) is 6.61 Å². The monoisotopic (exact) mass is 318 g/mol. The molecule has 2 aromatic rings. The van der Waals surface area contributed by atoms with Crippen LogP contribution >= 0.6 is 11.3 Å². The van der Waals surface area contributed by atoms with Crippen molar-refractivity contribution in [3.05, 3.63) is 52.2 Å². The van der Waals surface area contributed by atoms with E-state index in [-0.39, 0.29) is 12.3 Å². The lowest BCUT2D eigenvalue weighted by atomic mass is 10.2. The summed E-state index contributed by atoms with van der Waals surface area (Å²) in [6.07, 6.45) is 1.69. The Balaban J connectivity index is 1.92. The molecule has 0 atom stereocenters. The number of amides is 1. The molecule has 2 rings (SSSR count). The second-order valence-corrected chi connectivity index (χ2v) is 5.30. The van der Waals surface area contributed by atoms with Crippen molar-refractivity contribution in [3.63, 3.8) is 0 Å². The van der Waals surface area contributed by atoms with E-state index in [1.165, 1.54) is 17.6 Å². The Bertz CT molecular complexity index is 668. The SMILES string of the molecule is O=C(O)COc1ccccc1/C=N\NC(=O)Cc1cccs1. The lowest BCUT2D eigenvalue weighted by Gasteiger charge is -2.06. The molecule has 0 radical (unpaired) electrons. The summed E-state index contributed by atoms with van der Waals surface area (Å²) in [5.74, 6) is -0.889. The fraction of sp³-hybridized carbons (Fsp3) is 0.133. The zero-order valence-electron chi connectivity index (χ0n) is 11.6. The quantitative estimate of drug-likeness (QED) is 0.603. The molecule has 0 saturated heterocycles. The molecule has 0 aliphatic heterocycles. The van der Waals surface area contributed by atoms with Gasteiger partial charge >= 0.3 is 5.97 Å². The lowest BCUT2D eigenvalue weighted by molar-refractivity contribution is -0.139. The van der Waals surface area contributed by atoms with Crippen molar-refractivity contribution < 1.29 is 19.4 Å². The fourth-order valence-electron chi connectivity index (χ4n) is 1.64. The molecule has 2 N–H and O–H groups in total. The second kappa shape index (κ2) is 7.94. The van der Waals surface area contributed by atoms with Crippen LogP contribution in [0.5, 0.6) is 5.75 Å². The fourth-order valence-corrected chi connectivity index (χ4v) is 2.35. The van der Waals surface area contributed by atoms with Crippen LogP contribution in [0.25, 0.3) is 0 Å². The summed E-state index contributed by atoms with van der Waals surface area (Å²) in [6.45, 7) is -0.435. The Morgan fingerprint density at radius 3 is 2.82 bits per heavy atom. The summed E-state index contributed by atoms with van der Waals surface area (Å²) in [7, 11) is 0. The van der Waals surface area contributed by atoms with Crippen LogP contribution in [0, 0.1) is 0 Å². The van der Waals surface area contributed by atoms with Crippen LogP contribution in [-0.2, 0) is 16.0 Å². The molecule has 0 fully saturated rings. The Labute approximate surface area is 131 Å². The average Bonchev–Trinajstić information content (AvgIpc) is 2.99. The van der Waals surface area contributed by atoms with Crippen molar-refractivity contribution in [1.82, 2.24) is 5.43 Å². The molecular formula is C15H14N2O4S. The van der Waals surface area contributed by atoms with Gasteiger partial charge in [-0.05, 0) is 23.6 Å². The van der Waals surface area contributed by atoms with Crippen LogP contribution < -0.4 is 10.2 Å². The van der Waals surface area contributed by atoms with E-state index in [9.17, 15) is 9.59 Å². The summed E-state index contributed by atoms with van der Waals surface area (Å²) in [6, 6.07) is 10.6. The molecule has 1 amide bonds. The predicted octanol–water partition coefficient (Wildman–Crippen LogP) is 1.90. The number of benzene rings is 1. The predicted molar refractivity (Wildman–Crippen MR) is 83.3 cm³/mol. The number of hydrazone groups is 1. The minimum atomic E-state index is -1.06. The maximum atomic E-state index is 11.7. The highest BCUT2D eigenvalue weighted by Gasteiger charge is 2.05. The maximum Gasteiger partial charge on any atom is 0.341 e. The highest BCUT2D eigenvalue weighted by atomic mass is 32.1. The Morgan fingerprint density at radius 2 is 2.09 bits per heavy atom. The first-order valence-electron chi connectivity index (χ1n) is 6.43. The average molecular weight is 318 g/mol. The van der Waals surface area contributed by atoms with E-state index < -0.39 is 12.6 Å². The number of nitrogens with zero attached hydrogens (tertiary/aromatic N) is 1. The summed E-state index contributed by atoms with van der Waals surface area (Å²) < 4.78 is 5.14. The number of aliphatic carboxylic acids is 1. The van der Waals surface area contributed by atoms with Crippen molar-refractivity contribution in [2.24, 2.45) is 5.10 Å². The molecule has 22 heavy (non-hydrogen) atoms. The van der Waals surface area contributed by atoms with Crippen molar-refractivity contribution in [1.29, 1.82) is 0 Å². The van der Waals surface area contributed by atoms with Crippen LogP contribution in [0.15, 0.2) is 46.9 Å². The summed E-state index contributed by atoms with van der Waals surface area (Å²) in [5.41, 5.74) is 3.01. The largest absolute Gasteiger partial charge is 0.481 e. The minimum Gasteiger partial charge on any atom is -0.481 e. The van der Waals surface area contributed by atoms with Crippen LogP contribution in [0.1, 0.15) is 10.4 Å². The van der Waals surface area contributed by atoms with Gasteiger partial charge in [-0.25, -0.2) is 10.2 Å². The Morgan fingerprint density at radius 1 is 1.27 bits per heavy atom. The van der Waals surface area contributed by atoms with Gasteiger partial charge in [-0.3, -0.25) is 4.79 Å². The van der Waals surface area contributed by atoms with Crippen LogP contribution in [0.3, 0.4) is 0 Å². The minimum absolute atomic E-state index is 0.220. The van der Waals surface area contributed by atoms with E-state index in [2.05, 4.69) is 10.5 Å². The van der Waals surface area contributed by atoms with Gasteiger partial charge in [-0.2, -0.15) is 5.10 Å². The van der Waals surface area contributed by atoms with Gasteiger partial charge in [-0.1, -0.05) is 18.2 Å². The van der Waals surface area contributed by atoms with Crippen molar-refractivity contribution in [2.45, 2.75) is 6.42 Å². The van der Waals surface area contributed by atoms with Crippen LogP contribution in [0.2, 0.25) is 0 Å². The zero-order chi connectivity index (χ0) is 15.8. The molecule has 0 aliphatic rings. The number of ether oxygens (including phenoxy) is 1. The molecule has 0 saturated carbocycles. The standard InChI is InChI=1S/C15H14N2O4S/c18-14(8-12-5-3-7-22-12)17-16-9-11-4-1-2-6-13(11)21-10-15(19)20/h1-7,9H,8,10H2,(H,17,18)(H,19,20)/b16-9-. The maximum absolute atomic E-state index is 11.7. The normalized spacial score (nSPS) is 10.5. The van der Waals surface area contributed by atoms with E-state index in [1.807, 2.05) is 17.5 Å². The summed E-state index contributed by atoms with van der Waals surface area (Å²) in [5, 5.41) is 14.4. The third-order valence-electron chi connectivity index (χ3n) is 2.58. The first-order valence-corrected chi connectivity index (χ1v) is 7.31. The molecule has 1 heterocycles. The molecule has 0 unspecified atom stereocenters. The number of nitrogens with one attached hydrogen (secondary N) is 1. The molecule has 6 nitrogen and oxygen atoms in total. The van der Waals surface area contributed by atoms with Crippen LogP contribution in [0.4, 0.5) is 0 Å². The molecule has 0 aliphatic carbocycles. The van der Waals surface area contributed by atoms with E-state index >= 15 is 0 Å². The first-order chi connectivity index (χ1) is 10.6. The third-order valence-corrected chi connectivity index (χ3v) is 3.45. The van der Waals surface area contributed by atoms with Gasteiger partial charge in [0, 0.05) is 10.4 Å². The highest BCUT2D eigenvalue weighted by Crippen LogP contribution is 2.15. The van der Waals surface area contributed by atoms with Gasteiger partial charge in [-0.15, -0.1) is 11.3 Å². The van der Waals surface area contributed by atoms with Gasteiger partial charge in [0.2, 0.25) is 5.91 Å². The molecule has 1 aromatic heterocycles. The zero-order valence-corrected chi connectivity index (χ0v) is 12.4. The molecule has 1 aromatic carbocycles. The van der Waals surface area contributed by atoms with Gasteiger partial charge in [0.1, 0.15) is 5.75 Å². The van der Waals surface area contributed by atoms with Crippen LogP contribution in [-0.4, -0.2) is 29.8 Å².